The summed E-state index contributed by atoms with van der Waals surface area (Å²) in [5, 5.41) is 5.75. The van der Waals surface area contributed by atoms with Crippen molar-refractivity contribution in [3.63, 3.8) is 0 Å². The summed E-state index contributed by atoms with van der Waals surface area (Å²) < 4.78 is 0. The molecule has 25 heavy (non-hydrogen) atoms. The minimum atomic E-state index is -0.161. The fourth-order valence-corrected chi connectivity index (χ4v) is 3.36. The molecule has 3 amide bonds. The number of carbonyl (C=O) groups is 2. The Morgan fingerprint density at radius 1 is 1.08 bits per heavy atom. The van der Waals surface area contributed by atoms with Gasteiger partial charge in [0.1, 0.15) is 0 Å². The average Bonchev–Trinajstić information content (AvgIpc) is 3.15. The number of nitrogens with one attached hydrogen (secondary N) is 2. The number of piperazine rings is 1. The molecule has 8 nitrogen and oxygen atoms in total. The van der Waals surface area contributed by atoms with E-state index in [1.165, 1.54) is 12.8 Å². The maximum Gasteiger partial charge on any atom is 0.315 e. The Hall–Kier alpha value is -2.38. The van der Waals surface area contributed by atoms with E-state index in [2.05, 4.69) is 25.5 Å². The average molecular weight is 346 g/mol. The number of amides is 3. The Labute approximate surface area is 148 Å². The molecule has 1 saturated heterocycles. The lowest BCUT2D eigenvalue weighted by Gasteiger charge is -2.34. The van der Waals surface area contributed by atoms with Gasteiger partial charge in [0.05, 0.1) is 0 Å². The van der Waals surface area contributed by atoms with Crippen LogP contribution in [0.25, 0.3) is 0 Å². The standard InChI is InChI=1S/C17H26N6O2/c24-15(6-9-20-17(25)21-14-4-1-2-5-14)22-10-12-23(13-11-22)16-18-7-3-8-19-16/h3,7-8,14H,1-2,4-6,9-13H2,(H2,20,21,25). The minimum absolute atomic E-state index is 0.0785. The minimum Gasteiger partial charge on any atom is -0.339 e. The van der Waals surface area contributed by atoms with Gasteiger partial charge >= 0.3 is 6.03 Å². The molecule has 136 valence electrons. The van der Waals surface area contributed by atoms with Crippen LogP contribution in [0.3, 0.4) is 0 Å². The molecule has 0 unspecified atom stereocenters. The summed E-state index contributed by atoms with van der Waals surface area (Å²) in [4.78, 5) is 36.5. The van der Waals surface area contributed by atoms with Gasteiger partial charge in [0.25, 0.3) is 0 Å². The number of rotatable bonds is 5. The number of carbonyl (C=O) groups excluding carboxylic acids is 2. The molecule has 8 heteroatoms. The first-order valence-electron chi connectivity index (χ1n) is 9.06. The van der Waals surface area contributed by atoms with Crippen LogP contribution in [-0.4, -0.2) is 65.6 Å². The predicted molar refractivity (Wildman–Crippen MR) is 94.2 cm³/mol. The van der Waals surface area contributed by atoms with E-state index in [1.807, 2.05) is 4.90 Å². The van der Waals surface area contributed by atoms with Crippen LogP contribution >= 0.6 is 0 Å². The van der Waals surface area contributed by atoms with Crippen LogP contribution < -0.4 is 15.5 Å². The molecular formula is C17H26N6O2. The molecule has 2 heterocycles. The van der Waals surface area contributed by atoms with E-state index in [0.717, 1.165) is 25.9 Å². The smallest absolute Gasteiger partial charge is 0.315 e. The first-order valence-corrected chi connectivity index (χ1v) is 9.06. The topological polar surface area (TPSA) is 90.5 Å². The monoisotopic (exact) mass is 346 g/mol. The van der Waals surface area contributed by atoms with E-state index in [1.54, 1.807) is 18.5 Å². The molecule has 1 aromatic heterocycles. The van der Waals surface area contributed by atoms with Crippen molar-refractivity contribution >= 4 is 17.9 Å². The molecule has 2 N–H and O–H groups in total. The summed E-state index contributed by atoms with van der Waals surface area (Å²) in [5.74, 6) is 0.787. The zero-order valence-corrected chi connectivity index (χ0v) is 14.5. The normalized spacial score (nSPS) is 18.2. The van der Waals surface area contributed by atoms with Crippen molar-refractivity contribution in [2.45, 2.75) is 38.1 Å². The Morgan fingerprint density at radius 3 is 2.44 bits per heavy atom. The second kappa shape index (κ2) is 8.64. The third kappa shape index (κ3) is 5.04. The third-order valence-corrected chi connectivity index (χ3v) is 4.78. The Balaban J connectivity index is 1.33. The molecule has 0 bridgehead atoms. The van der Waals surface area contributed by atoms with Gasteiger partial charge in [-0.15, -0.1) is 0 Å². The van der Waals surface area contributed by atoms with Crippen molar-refractivity contribution in [3.8, 4) is 0 Å². The molecule has 2 aliphatic rings. The lowest BCUT2D eigenvalue weighted by Crippen LogP contribution is -2.50. The van der Waals surface area contributed by atoms with Gasteiger partial charge < -0.3 is 20.4 Å². The van der Waals surface area contributed by atoms with Crippen molar-refractivity contribution in [2.75, 3.05) is 37.6 Å². The van der Waals surface area contributed by atoms with Crippen LogP contribution in [0.5, 0.6) is 0 Å². The van der Waals surface area contributed by atoms with Crippen molar-refractivity contribution < 1.29 is 9.59 Å². The van der Waals surface area contributed by atoms with Gasteiger partial charge in [-0.25, -0.2) is 14.8 Å². The van der Waals surface area contributed by atoms with Gasteiger partial charge in [-0.3, -0.25) is 4.79 Å². The Kier molecular flexibility index (Phi) is 6.03. The van der Waals surface area contributed by atoms with Crippen LogP contribution in [0.15, 0.2) is 18.5 Å². The molecule has 3 rings (SSSR count). The highest BCUT2D eigenvalue weighted by molar-refractivity contribution is 5.78. The highest BCUT2D eigenvalue weighted by Gasteiger charge is 2.22. The van der Waals surface area contributed by atoms with Gasteiger partial charge in [0.15, 0.2) is 0 Å². The molecule has 0 radical (unpaired) electrons. The maximum atomic E-state index is 12.3. The maximum absolute atomic E-state index is 12.3. The lowest BCUT2D eigenvalue weighted by molar-refractivity contribution is -0.131. The van der Waals surface area contributed by atoms with E-state index < -0.39 is 0 Å². The molecule has 0 atom stereocenters. The molecule has 1 aromatic rings. The lowest BCUT2D eigenvalue weighted by atomic mass is 10.2. The Bertz CT molecular complexity index is 568. The summed E-state index contributed by atoms with van der Waals surface area (Å²) in [7, 11) is 0. The van der Waals surface area contributed by atoms with Gasteiger partial charge in [0, 0.05) is 57.6 Å². The number of aromatic nitrogens is 2. The van der Waals surface area contributed by atoms with E-state index in [0.29, 0.717) is 38.0 Å². The molecule has 1 aliphatic carbocycles. The van der Waals surface area contributed by atoms with Crippen LogP contribution in [0.2, 0.25) is 0 Å². The van der Waals surface area contributed by atoms with E-state index in [9.17, 15) is 9.59 Å². The van der Waals surface area contributed by atoms with Gasteiger partial charge in [0.2, 0.25) is 11.9 Å². The number of hydrogen-bond acceptors (Lipinski definition) is 5. The quantitative estimate of drug-likeness (QED) is 0.821. The Morgan fingerprint density at radius 2 is 1.76 bits per heavy atom. The van der Waals surface area contributed by atoms with Gasteiger partial charge in [-0.05, 0) is 18.9 Å². The zero-order valence-electron chi connectivity index (χ0n) is 14.5. The third-order valence-electron chi connectivity index (χ3n) is 4.78. The number of nitrogens with zero attached hydrogens (tertiary/aromatic N) is 4. The van der Waals surface area contributed by atoms with E-state index in [-0.39, 0.29) is 11.9 Å². The summed E-state index contributed by atoms with van der Waals surface area (Å²) >= 11 is 0. The fraction of sp³-hybridized carbons (Fsp3) is 0.647. The molecule has 1 saturated carbocycles. The number of urea groups is 1. The van der Waals surface area contributed by atoms with Crippen LogP contribution in [0.4, 0.5) is 10.7 Å². The SMILES string of the molecule is O=C(NCCC(=O)N1CCN(c2ncccn2)CC1)NC1CCCC1. The molecular weight excluding hydrogens is 320 g/mol. The van der Waals surface area contributed by atoms with Crippen LogP contribution in [0.1, 0.15) is 32.1 Å². The van der Waals surface area contributed by atoms with Crippen LogP contribution in [0, 0.1) is 0 Å². The van der Waals surface area contributed by atoms with Gasteiger partial charge in [-0.2, -0.15) is 0 Å². The summed E-state index contributed by atoms with van der Waals surface area (Å²) in [6, 6.07) is 1.92. The highest BCUT2D eigenvalue weighted by atomic mass is 16.2. The zero-order chi connectivity index (χ0) is 17.5. The number of anilines is 1. The van der Waals surface area contributed by atoms with Crippen molar-refractivity contribution in [1.29, 1.82) is 0 Å². The summed E-state index contributed by atoms with van der Waals surface area (Å²) in [5.41, 5.74) is 0. The second-order valence-corrected chi connectivity index (χ2v) is 6.55. The van der Waals surface area contributed by atoms with Crippen molar-refractivity contribution in [3.05, 3.63) is 18.5 Å². The van der Waals surface area contributed by atoms with E-state index in [4.69, 9.17) is 0 Å². The van der Waals surface area contributed by atoms with Crippen LogP contribution in [-0.2, 0) is 4.79 Å². The fourth-order valence-electron chi connectivity index (χ4n) is 3.36. The summed E-state index contributed by atoms with van der Waals surface area (Å²) in [6.45, 7) is 3.15. The molecule has 0 spiro atoms. The van der Waals surface area contributed by atoms with Gasteiger partial charge in [-0.1, -0.05) is 12.8 Å². The molecule has 2 fully saturated rings. The summed E-state index contributed by atoms with van der Waals surface area (Å²) in [6.07, 6.45) is 8.26. The molecule has 0 aromatic carbocycles. The largest absolute Gasteiger partial charge is 0.339 e. The van der Waals surface area contributed by atoms with Crippen molar-refractivity contribution in [2.24, 2.45) is 0 Å². The highest BCUT2D eigenvalue weighted by Crippen LogP contribution is 2.17. The van der Waals surface area contributed by atoms with E-state index >= 15 is 0 Å². The first-order chi connectivity index (χ1) is 12.2. The van der Waals surface area contributed by atoms with Crippen molar-refractivity contribution in [1.82, 2.24) is 25.5 Å². The number of hydrogen-bond donors (Lipinski definition) is 2. The molecule has 1 aliphatic heterocycles. The first kappa shape index (κ1) is 17.4. The second-order valence-electron chi connectivity index (χ2n) is 6.55. The predicted octanol–water partition coefficient (Wildman–Crippen LogP) is 0.757.